The average molecular weight is 516 g/mol. The maximum atomic E-state index is 12.9. The van der Waals surface area contributed by atoms with Crippen molar-refractivity contribution in [2.24, 2.45) is 0 Å². The van der Waals surface area contributed by atoms with Crippen molar-refractivity contribution in [3.05, 3.63) is 50.9 Å². The Bertz CT molecular complexity index is 899. The molecule has 148 valence electrons. The number of nitrogens with zero attached hydrogens (tertiary/aromatic N) is 2. The monoisotopic (exact) mass is 513 g/mol. The third kappa shape index (κ3) is 5.22. The first kappa shape index (κ1) is 22.6. The van der Waals surface area contributed by atoms with Crippen molar-refractivity contribution in [2.45, 2.75) is 4.90 Å². The molecule has 2 aromatic carbocycles. The zero-order valence-corrected chi connectivity index (χ0v) is 19.2. The van der Waals surface area contributed by atoms with Crippen LogP contribution in [0.4, 0.5) is 11.4 Å². The molecule has 0 aromatic heterocycles. The van der Waals surface area contributed by atoms with Crippen LogP contribution in [0.15, 0.2) is 45.8 Å². The maximum Gasteiger partial charge on any atom is 0.264 e. The van der Waals surface area contributed by atoms with Crippen LogP contribution < -0.4 is 9.62 Å². The van der Waals surface area contributed by atoms with Crippen molar-refractivity contribution in [3.63, 3.8) is 0 Å². The molecule has 2 aromatic rings. The van der Waals surface area contributed by atoms with Crippen LogP contribution in [0.5, 0.6) is 0 Å². The van der Waals surface area contributed by atoms with Gasteiger partial charge >= 0.3 is 0 Å². The fraction of sp³-hybridized carbons (Fsp3) is 0.294. The van der Waals surface area contributed by atoms with Crippen molar-refractivity contribution in [3.8, 4) is 0 Å². The Kier molecular flexibility index (Phi) is 7.70. The van der Waals surface area contributed by atoms with Crippen LogP contribution >= 0.6 is 51.5 Å². The van der Waals surface area contributed by atoms with E-state index in [9.17, 15) is 8.42 Å². The average Bonchev–Trinajstić information content (AvgIpc) is 2.55. The quantitative estimate of drug-likeness (QED) is 0.640. The van der Waals surface area contributed by atoms with Gasteiger partial charge in [0.25, 0.3) is 10.0 Å². The highest BCUT2D eigenvalue weighted by Gasteiger charge is 2.24. The number of hydrogen-bond donors (Lipinski definition) is 1. The molecule has 5 nitrogen and oxygen atoms in total. The molecule has 1 heterocycles. The minimum Gasteiger partial charge on any atom is -0.367 e. The lowest BCUT2D eigenvalue weighted by Crippen LogP contribution is -2.44. The van der Waals surface area contributed by atoms with Crippen LogP contribution in [0.3, 0.4) is 0 Å². The van der Waals surface area contributed by atoms with Gasteiger partial charge in [0.05, 0.1) is 21.4 Å². The molecule has 10 heteroatoms. The number of likely N-dealkylation sites (N-methyl/N-ethyl adjacent to an activating group) is 1. The van der Waals surface area contributed by atoms with E-state index in [1.807, 2.05) is 12.1 Å². The van der Waals surface area contributed by atoms with Gasteiger partial charge in [0.1, 0.15) is 4.90 Å². The van der Waals surface area contributed by atoms with E-state index in [1.54, 1.807) is 12.1 Å². The fourth-order valence-electron chi connectivity index (χ4n) is 2.85. The van der Waals surface area contributed by atoms with Crippen LogP contribution in [0.2, 0.25) is 10.0 Å². The van der Waals surface area contributed by atoms with Gasteiger partial charge in [-0.3, -0.25) is 4.72 Å². The van der Waals surface area contributed by atoms with Crippen molar-refractivity contribution >= 4 is 72.9 Å². The summed E-state index contributed by atoms with van der Waals surface area (Å²) in [5.41, 5.74) is 1.31. The molecular weight excluding hydrogens is 497 g/mol. The molecule has 1 N–H and O–H groups in total. The molecule has 0 saturated carbocycles. The van der Waals surface area contributed by atoms with Crippen LogP contribution in [-0.2, 0) is 10.0 Å². The number of rotatable bonds is 4. The Morgan fingerprint density at radius 3 is 2.22 bits per heavy atom. The minimum atomic E-state index is -3.94. The first-order valence-corrected chi connectivity index (χ1v) is 11.0. The Balaban J connectivity index is 0.00000261. The summed E-state index contributed by atoms with van der Waals surface area (Å²) in [4.78, 5) is 4.29. The minimum absolute atomic E-state index is 0. The zero-order chi connectivity index (χ0) is 18.9. The van der Waals surface area contributed by atoms with E-state index in [0.717, 1.165) is 36.3 Å². The third-order valence-corrected chi connectivity index (χ3v) is 7.05. The lowest BCUT2D eigenvalue weighted by molar-refractivity contribution is 0.313. The molecule has 0 spiro atoms. The van der Waals surface area contributed by atoms with Crippen molar-refractivity contribution < 1.29 is 8.42 Å². The Hall–Kier alpha value is -0.700. The van der Waals surface area contributed by atoms with Gasteiger partial charge in [-0.15, -0.1) is 12.4 Å². The second kappa shape index (κ2) is 9.20. The highest BCUT2D eigenvalue weighted by Crippen LogP contribution is 2.35. The summed E-state index contributed by atoms with van der Waals surface area (Å²) < 4.78 is 29.3. The molecule has 1 aliphatic rings. The van der Waals surface area contributed by atoms with Gasteiger partial charge in [-0.1, -0.05) is 45.2 Å². The van der Waals surface area contributed by atoms with Gasteiger partial charge in [0.2, 0.25) is 0 Å². The molecule has 1 aliphatic heterocycles. The number of anilines is 2. The summed E-state index contributed by atoms with van der Waals surface area (Å²) in [7, 11) is -1.86. The summed E-state index contributed by atoms with van der Waals surface area (Å²) in [5.74, 6) is 0. The molecule has 0 radical (unpaired) electrons. The summed E-state index contributed by atoms with van der Waals surface area (Å²) in [6, 6.07) is 10.2. The normalized spacial score (nSPS) is 15.3. The van der Waals surface area contributed by atoms with E-state index in [2.05, 4.69) is 37.5 Å². The molecule has 0 unspecified atom stereocenters. The van der Waals surface area contributed by atoms with Crippen LogP contribution in [0, 0.1) is 0 Å². The smallest absolute Gasteiger partial charge is 0.264 e. The van der Waals surface area contributed by atoms with Gasteiger partial charge in [-0.2, -0.15) is 0 Å². The molecule has 0 aliphatic carbocycles. The number of nitrogens with one attached hydrogen (secondary N) is 1. The van der Waals surface area contributed by atoms with E-state index >= 15 is 0 Å². The highest BCUT2D eigenvalue weighted by atomic mass is 79.9. The Morgan fingerprint density at radius 1 is 1.04 bits per heavy atom. The maximum absolute atomic E-state index is 12.9. The van der Waals surface area contributed by atoms with Gasteiger partial charge in [-0.05, 0) is 37.4 Å². The van der Waals surface area contributed by atoms with Crippen molar-refractivity contribution in [2.75, 3.05) is 42.8 Å². The fourth-order valence-corrected chi connectivity index (χ4v) is 5.42. The first-order valence-electron chi connectivity index (χ1n) is 7.98. The Morgan fingerprint density at radius 2 is 1.63 bits per heavy atom. The van der Waals surface area contributed by atoms with Gasteiger partial charge in [0, 0.05) is 30.7 Å². The predicted octanol–water partition coefficient (Wildman–Crippen LogP) is 4.73. The standard InChI is InChI=1S/C17H18BrCl2N3O2S.ClH/c1-22-7-9-23(10-8-22)16-6-5-12(18)11-15(16)21-26(24,25)17-13(19)3-2-4-14(17)20;/h2-6,11,21H,7-10H2,1H3;1H. The molecule has 0 bridgehead atoms. The van der Waals surface area contributed by atoms with Crippen molar-refractivity contribution in [1.82, 2.24) is 4.90 Å². The molecule has 1 fully saturated rings. The van der Waals surface area contributed by atoms with Crippen LogP contribution in [0.1, 0.15) is 0 Å². The first-order chi connectivity index (χ1) is 12.3. The van der Waals surface area contributed by atoms with Crippen LogP contribution in [-0.4, -0.2) is 46.5 Å². The second-order valence-corrected chi connectivity index (χ2v) is 9.46. The largest absolute Gasteiger partial charge is 0.367 e. The molecule has 27 heavy (non-hydrogen) atoms. The highest BCUT2D eigenvalue weighted by molar-refractivity contribution is 9.10. The summed E-state index contributed by atoms with van der Waals surface area (Å²) in [6.07, 6.45) is 0. The number of sulfonamides is 1. The van der Waals surface area contributed by atoms with E-state index in [4.69, 9.17) is 23.2 Å². The zero-order valence-electron chi connectivity index (χ0n) is 14.5. The number of halogens is 4. The topological polar surface area (TPSA) is 52.6 Å². The number of piperazine rings is 1. The van der Waals surface area contributed by atoms with Crippen molar-refractivity contribution in [1.29, 1.82) is 0 Å². The van der Waals surface area contributed by atoms with E-state index in [1.165, 1.54) is 12.1 Å². The lowest BCUT2D eigenvalue weighted by Gasteiger charge is -2.35. The third-order valence-electron chi connectivity index (χ3n) is 4.23. The molecule has 0 amide bonds. The number of hydrogen-bond acceptors (Lipinski definition) is 4. The van der Waals surface area contributed by atoms with Gasteiger partial charge < -0.3 is 9.80 Å². The van der Waals surface area contributed by atoms with E-state index in [-0.39, 0.29) is 27.3 Å². The summed E-state index contributed by atoms with van der Waals surface area (Å²) >= 11 is 15.6. The lowest BCUT2D eigenvalue weighted by atomic mass is 10.2. The van der Waals surface area contributed by atoms with Crippen LogP contribution in [0.25, 0.3) is 0 Å². The molecule has 1 saturated heterocycles. The molecule has 3 rings (SSSR count). The van der Waals surface area contributed by atoms with Gasteiger partial charge in [0.15, 0.2) is 0 Å². The number of benzene rings is 2. The second-order valence-electron chi connectivity index (χ2n) is 6.11. The van der Waals surface area contributed by atoms with E-state index in [0.29, 0.717) is 5.69 Å². The molecule has 0 atom stereocenters. The van der Waals surface area contributed by atoms with E-state index < -0.39 is 10.0 Å². The molecular formula is C17H19BrCl3N3O2S. The van der Waals surface area contributed by atoms with Gasteiger partial charge in [-0.25, -0.2) is 8.42 Å². The summed E-state index contributed by atoms with van der Waals surface area (Å²) in [5, 5.41) is 0.169. The Labute approximate surface area is 184 Å². The SMILES string of the molecule is CN1CCN(c2ccc(Br)cc2NS(=O)(=O)c2c(Cl)cccc2Cl)CC1.Cl. The summed E-state index contributed by atoms with van der Waals surface area (Å²) in [6.45, 7) is 3.47. The predicted molar refractivity (Wildman–Crippen MR) is 118 cm³/mol.